The zero-order valence-corrected chi connectivity index (χ0v) is 11.4. The van der Waals surface area contributed by atoms with Crippen molar-refractivity contribution in [2.45, 2.75) is 39.2 Å². The predicted molar refractivity (Wildman–Crippen MR) is 69.0 cm³/mol. The van der Waals surface area contributed by atoms with Crippen molar-refractivity contribution in [3.63, 3.8) is 0 Å². The summed E-state index contributed by atoms with van der Waals surface area (Å²) in [5, 5.41) is 11.9. The van der Waals surface area contributed by atoms with Gasteiger partial charge in [-0.15, -0.1) is 0 Å². The third-order valence-electron chi connectivity index (χ3n) is 3.55. The molecule has 0 fully saturated rings. The lowest BCUT2D eigenvalue weighted by Gasteiger charge is -2.30. The minimum atomic E-state index is -0.903. The summed E-state index contributed by atoms with van der Waals surface area (Å²) in [6.07, 6.45) is 0.946. The van der Waals surface area contributed by atoms with Gasteiger partial charge in [0.05, 0.1) is 12.1 Å². The fourth-order valence-corrected chi connectivity index (χ4v) is 1.86. The van der Waals surface area contributed by atoms with Crippen molar-refractivity contribution in [1.82, 2.24) is 5.32 Å². The number of aliphatic hydroxyl groups is 1. The summed E-state index contributed by atoms with van der Waals surface area (Å²) in [5.41, 5.74) is -1.24. The molecule has 0 atom stereocenters. The molecular formula is C14H19F2NO2. The molecule has 0 heterocycles. The fraction of sp³-hybridized carbons (Fsp3) is 0.500. The molecule has 0 aromatic heterocycles. The third kappa shape index (κ3) is 3.10. The molecule has 0 aliphatic rings. The molecule has 0 saturated carbocycles. The van der Waals surface area contributed by atoms with Gasteiger partial charge in [-0.3, -0.25) is 4.79 Å². The Balaban J connectivity index is 3.11. The molecule has 1 aromatic rings. The molecule has 0 radical (unpaired) electrons. The van der Waals surface area contributed by atoms with Gasteiger partial charge in [-0.25, -0.2) is 8.78 Å². The number of carbonyl (C=O) groups is 1. The maximum absolute atomic E-state index is 13.8. The highest BCUT2D eigenvalue weighted by molar-refractivity contribution is 5.95. The van der Waals surface area contributed by atoms with Gasteiger partial charge in [-0.1, -0.05) is 19.9 Å². The van der Waals surface area contributed by atoms with Crippen molar-refractivity contribution in [2.24, 2.45) is 0 Å². The first-order chi connectivity index (χ1) is 8.90. The molecular weight excluding hydrogens is 252 g/mol. The Kier molecular flexibility index (Phi) is 5.00. The van der Waals surface area contributed by atoms with E-state index in [-0.39, 0.29) is 12.2 Å². The number of halogens is 2. The first-order valence-electron chi connectivity index (χ1n) is 6.28. The summed E-state index contributed by atoms with van der Waals surface area (Å²) in [6.45, 7) is 4.77. The van der Waals surface area contributed by atoms with E-state index in [9.17, 15) is 18.7 Å². The van der Waals surface area contributed by atoms with Gasteiger partial charge in [0.15, 0.2) is 0 Å². The first-order valence-corrected chi connectivity index (χ1v) is 6.28. The average Bonchev–Trinajstić information content (AvgIpc) is 2.41. The van der Waals surface area contributed by atoms with Crippen molar-refractivity contribution < 1.29 is 18.7 Å². The summed E-state index contributed by atoms with van der Waals surface area (Å²) in [7, 11) is 0. The highest BCUT2D eigenvalue weighted by atomic mass is 19.1. The van der Waals surface area contributed by atoms with Gasteiger partial charge < -0.3 is 10.4 Å². The van der Waals surface area contributed by atoms with Gasteiger partial charge in [0, 0.05) is 0 Å². The van der Waals surface area contributed by atoms with Crippen molar-refractivity contribution in [3.05, 3.63) is 34.9 Å². The Morgan fingerprint density at radius 1 is 1.32 bits per heavy atom. The molecule has 2 N–H and O–H groups in total. The number of rotatable bonds is 5. The summed E-state index contributed by atoms with van der Waals surface area (Å²) < 4.78 is 27.4. The van der Waals surface area contributed by atoms with Crippen LogP contribution in [0.5, 0.6) is 0 Å². The number of amides is 1. The van der Waals surface area contributed by atoms with E-state index in [1.807, 2.05) is 0 Å². The van der Waals surface area contributed by atoms with Crippen LogP contribution in [-0.4, -0.2) is 23.2 Å². The number of hydrogen-bond acceptors (Lipinski definition) is 2. The predicted octanol–water partition coefficient (Wildman–Crippen LogP) is 2.55. The Hall–Kier alpha value is -1.49. The first kappa shape index (κ1) is 15.6. The highest BCUT2D eigenvalue weighted by Crippen LogP contribution is 2.19. The molecule has 0 bridgehead atoms. The second-order valence-corrected chi connectivity index (χ2v) is 4.65. The van der Waals surface area contributed by atoms with Crippen LogP contribution in [0.15, 0.2) is 12.1 Å². The molecule has 19 heavy (non-hydrogen) atoms. The van der Waals surface area contributed by atoms with Gasteiger partial charge in [-0.2, -0.15) is 0 Å². The second-order valence-electron chi connectivity index (χ2n) is 4.65. The Morgan fingerprint density at radius 3 is 2.37 bits per heavy atom. The van der Waals surface area contributed by atoms with Crippen LogP contribution in [-0.2, 0) is 0 Å². The number of carbonyl (C=O) groups excluding carboxylic acids is 1. The number of nitrogens with one attached hydrogen (secondary N) is 1. The summed E-state index contributed by atoms with van der Waals surface area (Å²) in [4.78, 5) is 12.0. The quantitative estimate of drug-likeness (QED) is 0.864. The van der Waals surface area contributed by atoms with Crippen LogP contribution in [0.3, 0.4) is 0 Å². The SMILES string of the molecule is CCC(CC)(CO)NC(=O)c1c(F)ccc(C)c1F. The van der Waals surface area contributed by atoms with E-state index in [1.165, 1.54) is 13.0 Å². The Labute approximate surface area is 111 Å². The maximum Gasteiger partial charge on any atom is 0.257 e. The maximum atomic E-state index is 13.8. The van der Waals surface area contributed by atoms with E-state index in [4.69, 9.17) is 0 Å². The highest BCUT2D eigenvalue weighted by Gasteiger charge is 2.30. The molecule has 1 aromatic carbocycles. The largest absolute Gasteiger partial charge is 0.394 e. The van der Waals surface area contributed by atoms with Gasteiger partial charge in [0.2, 0.25) is 0 Å². The summed E-state index contributed by atoms with van der Waals surface area (Å²) in [5.74, 6) is -2.60. The molecule has 3 nitrogen and oxygen atoms in total. The van der Waals surface area contributed by atoms with Crippen molar-refractivity contribution >= 4 is 5.91 Å². The number of benzene rings is 1. The van der Waals surface area contributed by atoms with Crippen molar-refractivity contribution in [3.8, 4) is 0 Å². The van der Waals surface area contributed by atoms with Gasteiger partial charge in [-0.05, 0) is 31.4 Å². The van der Waals surface area contributed by atoms with Crippen LogP contribution < -0.4 is 5.32 Å². The number of aliphatic hydroxyl groups excluding tert-OH is 1. The van der Waals surface area contributed by atoms with Gasteiger partial charge >= 0.3 is 0 Å². The molecule has 0 unspecified atom stereocenters. The van der Waals surface area contributed by atoms with E-state index in [2.05, 4.69) is 5.32 Å². The minimum Gasteiger partial charge on any atom is -0.394 e. The molecule has 0 saturated heterocycles. The van der Waals surface area contributed by atoms with E-state index in [0.717, 1.165) is 6.07 Å². The number of hydrogen-bond donors (Lipinski definition) is 2. The third-order valence-corrected chi connectivity index (χ3v) is 3.55. The van der Waals surface area contributed by atoms with Gasteiger partial charge in [0.1, 0.15) is 17.2 Å². The van der Waals surface area contributed by atoms with Crippen molar-refractivity contribution in [1.29, 1.82) is 0 Å². The standard InChI is InChI=1S/C14H19F2NO2/c1-4-14(5-2,8-18)17-13(19)11-10(15)7-6-9(3)12(11)16/h6-7,18H,4-5,8H2,1-3H3,(H,17,19). The van der Waals surface area contributed by atoms with E-state index in [0.29, 0.717) is 12.8 Å². The average molecular weight is 271 g/mol. The van der Waals surface area contributed by atoms with Gasteiger partial charge in [0.25, 0.3) is 5.91 Å². The zero-order chi connectivity index (χ0) is 14.6. The summed E-state index contributed by atoms with van der Waals surface area (Å²) >= 11 is 0. The lowest BCUT2D eigenvalue weighted by molar-refractivity contribution is 0.0809. The normalized spacial score (nSPS) is 11.5. The second kappa shape index (κ2) is 6.10. The van der Waals surface area contributed by atoms with Crippen LogP contribution in [0, 0.1) is 18.6 Å². The van der Waals surface area contributed by atoms with Crippen LogP contribution >= 0.6 is 0 Å². The lowest BCUT2D eigenvalue weighted by Crippen LogP contribution is -2.50. The molecule has 106 valence electrons. The molecule has 1 rings (SSSR count). The molecule has 5 heteroatoms. The molecule has 1 amide bonds. The molecule has 0 spiro atoms. The van der Waals surface area contributed by atoms with Crippen LogP contribution in [0.2, 0.25) is 0 Å². The zero-order valence-electron chi connectivity index (χ0n) is 11.4. The monoisotopic (exact) mass is 271 g/mol. The van der Waals surface area contributed by atoms with Crippen LogP contribution in [0.25, 0.3) is 0 Å². The van der Waals surface area contributed by atoms with Crippen molar-refractivity contribution in [2.75, 3.05) is 6.61 Å². The van der Waals surface area contributed by atoms with Crippen LogP contribution in [0.1, 0.15) is 42.6 Å². The Morgan fingerprint density at radius 2 is 1.89 bits per heavy atom. The molecule has 0 aliphatic carbocycles. The molecule has 0 aliphatic heterocycles. The van der Waals surface area contributed by atoms with Crippen LogP contribution in [0.4, 0.5) is 8.78 Å². The van der Waals surface area contributed by atoms with E-state index < -0.39 is 28.6 Å². The minimum absolute atomic E-state index is 0.203. The van der Waals surface area contributed by atoms with E-state index in [1.54, 1.807) is 13.8 Å². The Bertz CT molecular complexity index is 462. The summed E-state index contributed by atoms with van der Waals surface area (Å²) in [6, 6.07) is 2.34. The number of aryl methyl sites for hydroxylation is 1. The van der Waals surface area contributed by atoms with E-state index >= 15 is 0 Å². The lowest BCUT2D eigenvalue weighted by atomic mass is 9.93. The topological polar surface area (TPSA) is 49.3 Å². The fourth-order valence-electron chi connectivity index (χ4n) is 1.86. The smallest absolute Gasteiger partial charge is 0.257 e.